The Morgan fingerprint density at radius 3 is 2.34 bits per heavy atom. The SMILES string of the molecule is CCC(C)CNC(=O)CN1CN(c2ccccc2)C2(CCN(C(=O)c3ccc(Cl)cc3)CC2)C1=O. The number of nitrogens with one attached hydrogen (secondary N) is 1. The number of carbonyl (C=O) groups excluding carboxylic acids is 3. The molecule has 1 unspecified atom stereocenters. The second-order valence-electron chi connectivity index (χ2n) is 9.56. The molecule has 186 valence electrons. The van der Waals surface area contributed by atoms with Crippen LogP contribution < -0.4 is 10.2 Å². The lowest BCUT2D eigenvalue weighted by molar-refractivity contribution is -0.137. The summed E-state index contributed by atoms with van der Waals surface area (Å²) in [6.07, 6.45) is 2.00. The van der Waals surface area contributed by atoms with Gasteiger partial charge in [0, 0.05) is 35.9 Å². The summed E-state index contributed by atoms with van der Waals surface area (Å²) in [5.74, 6) is 0.148. The third-order valence-electron chi connectivity index (χ3n) is 7.23. The Morgan fingerprint density at radius 2 is 1.71 bits per heavy atom. The highest BCUT2D eigenvalue weighted by Gasteiger charge is 2.54. The van der Waals surface area contributed by atoms with Gasteiger partial charge in [0.1, 0.15) is 12.1 Å². The summed E-state index contributed by atoms with van der Waals surface area (Å²) in [6.45, 7) is 6.10. The van der Waals surface area contributed by atoms with E-state index in [1.54, 1.807) is 34.1 Å². The van der Waals surface area contributed by atoms with Gasteiger partial charge in [-0.1, -0.05) is 50.1 Å². The molecular weight excluding hydrogens is 464 g/mol. The summed E-state index contributed by atoms with van der Waals surface area (Å²) in [4.78, 5) is 45.0. The molecule has 2 saturated heterocycles. The Bertz CT molecular complexity index is 1050. The number of rotatable bonds is 7. The van der Waals surface area contributed by atoms with Crippen molar-refractivity contribution in [1.29, 1.82) is 0 Å². The van der Waals surface area contributed by atoms with Crippen molar-refractivity contribution in [3.05, 3.63) is 65.2 Å². The first-order valence-corrected chi connectivity index (χ1v) is 12.7. The molecule has 0 bridgehead atoms. The van der Waals surface area contributed by atoms with Gasteiger partial charge in [-0.15, -0.1) is 0 Å². The lowest BCUT2D eigenvalue weighted by Gasteiger charge is -2.43. The second-order valence-corrected chi connectivity index (χ2v) is 9.99. The monoisotopic (exact) mass is 496 g/mol. The van der Waals surface area contributed by atoms with Gasteiger partial charge in [0.25, 0.3) is 11.8 Å². The number of hydrogen-bond donors (Lipinski definition) is 1. The predicted molar refractivity (Wildman–Crippen MR) is 137 cm³/mol. The normalized spacial score (nSPS) is 18.1. The van der Waals surface area contributed by atoms with Gasteiger partial charge in [0.15, 0.2) is 0 Å². The van der Waals surface area contributed by atoms with Crippen molar-refractivity contribution < 1.29 is 14.4 Å². The predicted octanol–water partition coefficient (Wildman–Crippen LogP) is 3.78. The molecule has 7 nitrogen and oxygen atoms in total. The number of para-hydroxylation sites is 1. The average Bonchev–Trinajstić information content (AvgIpc) is 3.14. The fraction of sp³-hybridized carbons (Fsp3) is 0.444. The summed E-state index contributed by atoms with van der Waals surface area (Å²) < 4.78 is 0. The van der Waals surface area contributed by atoms with Gasteiger partial charge in [0.2, 0.25) is 5.91 Å². The summed E-state index contributed by atoms with van der Waals surface area (Å²) in [5, 5.41) is 3.54. The Morgan fingerprint density at radius 1 is 1.06 bits per heavy atom. The highest BCUT2D eigenvalue weighted by Crippen LogP contribution is 2.39. The zero-order chi connectivity index (χ0) is 25.0. The molecule has 1 N–H and O–H groups in total. The van der Waals surface area contributed by atoms with Gasteiger partial charge in [0.05, 0.1) is 6.67 Å². The number of halogens is 1. The van der Waals surface area contributed by atoms with E-state index in [1.165, 1.54) is 0 Å². The van der Waals surface area contributed by atoms with Gasteiger partial charge in [-0.05, 0) is 55.2 Å². The molecule has 2 heterocycles. The maximum absolute atomic E-state index is 13.8. The van der Waals surface area contributed by atoms with Crippen molar-refractivity contribution >= 4 is 35.0 Å². The maximum atomic E-state index is 13.8. The Balaban J connectivity index is 1.50. The van der Waals surface area contributed by atoms with Gasteiger partial charge < -0.3 is 20.0 Å². The first kappa shape index (κ1) is 25.0. The van der Waals surface area contributed by atoms with Crippen molar-refractivity contribution in [2.24, 2.45) is 5.92 Å². The van der Waals surface area contributed by atoms with E-state index < -0.39 is 5.54 Å². The zero-order valence-corrected chi connectivity index (χ0v) is 21.1. The van der Waals surface area contributed by atoms with E-state index in [9.17, 15) is 14.4 Å². The number of anilines is 1. The van der Waals surface area contributed by atoms with Crippen LogP contribution in [0.25, 0.3) is 0 Å². The standard InChI is InChI=1S/C27H33ClN4O3/c1-3-20(2)17-29-24(33)18-31-19-32(23-7-5-4-6-8-23)27(26(31)35)13-15-30(16-14-27)25(34)21-9-11-22(28)12-10-21/h4-12,20H,3,13-19H2,1-2H3,(H,29,33). The molecule has 2 fully saturated rings. The third kappa shape index (κ3) is 5.30. The molecule has 0 saturated carbocycles. The van der Waals surface area contributed by atoms with Crippen LogP contribution in [0.1, 0.15) is 43.5 Å². The van der Waals surface area contributed by atoms with Crippen LogP contribution in [0.15, 0.2) is 54.6 Å². The van der Waals surface area contributed by atoms with Crippen LogP contribution in [0, 0.1) is 5.92 Å². The van der Waals surface area contributed by atoms with Crippen LogP contribution in [0.4, 0.5) is 5.69 Å². The first-order valence-electron chi connectivity index (χ1n) is 12.3. The van der Waals surface area contributed by atoms with E-state index in [-0.39, 0.29) is 24.3 Å². The quantitative estimate of drug-likeness (QED) is 0.633. The van der Waals surface area contributed by atoms with E-state index in [1.807, 2.05) is 30.3 Å². The molecule has 0 radical (unpaired) electrons. The molecule has 0 aliphatic carbocycles. The molecule has 0 aromatic heterocycles. The number of hydrogen-bond acceptors (Lipinski definition) is 4. The summed E-state index contributed by atoms with van der Waals surface area (Å²) in [6, 6.07) is 16.7. The van der Waals surface area contributed by atoms with Crippen LogP contribution in [-0.2, 0) is 9.59 Å². The fourth-order valence-corrected chi connectivity index (χ4v) is 4.96. The van der Waals surface area contributed by atoms with Crippen LogP contribution in [0.5, 0.6) is 0 Å². The zero-order valence-electron chi connectivity index (χ0n) is 20.4. The van der Waals surface area contributed by atoms with E-state index in [0.717, 1.165) is 12.1 Å². The van der Waals surface area contributed by atoms with E-state index in [0.29, 0.717) is 55.6 Å². The van der Waals surface area contributed by atoms with E-state index in [4.69, 9.17) is 11.6 Å². The van der Waals surface area contributed by atoms with E-state index in [2.05, 4.69) is 24.1 Å². The molecule has 2 aliphatic heterocycles. The molecule has 2 aromatic rings. The van der Waals surface area contributed by atoms with Crippen molar-refractivity contribution in [1.82, 2.24) is 15.1 Å². The Kier molecular flexibility index (Phi) is 7.65. The number of nitrogens with zero attached hydrogens (tertiary/aromatic N) is 3. The summed E-state index contributed by atoms with van der Waals surface area (Å²) >= 11 is 5.97. The molecule has 1 atom stereocenters. The van der Waals surface area contributed by atoms with Crippen LogP contribution in [-0.4, -0.2) is 65.9 Å². The number of carbonyl (C=O) groups is 3. The average molecular weight is 497 g/mol. The van der Waals surface area contributed by atoms with Gasteiger partial charge in [-0.3, -0.25) is 14.4 Å². The molecule has 3 amide bonds. The minimum atomic E-state index is -0.769. The number of likely N-dealkylation sites (tertiary alicyclic amines) is 1. The minimum Gasteiger partial charge on any atom is -0.354 e. The van der Waals surface area contributed by atoms with Crippen molar-refractivity contribution in [2.45, 2.75) is 38.6 Å². The highest BCUT2D eigenvalue weighted by molar-refractivity contribution is 6.30. The molecular formula is C27H33ClN4O3. The van der Waals surface area contributed by atoms with Crippen molar-refractivity contribution in [2.75, 3.05) is 37.7 Å². The van der Waals surface area contributed by atoms with E-state index >= 15 is 0 Å². The molecule has 2 aromatic carbocycles. The molecule has 35 heavy (non-hydrogen) atoms. The fourth-order valence-electron chi connectivity index (χ4n) is 4.84. The molecule has 2 aliphatic rings. The van der Waals surface area contributed by atoms with Crippen LogP contribution in [0.2, 0.25) is 5.02 Å². The topological polar surface area (TPSA) is 73.0 Å². The highest BCUT2D eigenvalue weighted by atomic mass is 35.5. The van der Waals surface area contributed by atoms with Crippen molar-refractivity contribution in [3.63, 3.8) is 0 Å². The first-order chi connectivity index (χ1) is 16.8. The smallest absolute Gasteiger partial charge is 0.253 e. The van der Waals surface area contributed by atoms with Gasteiger partial charge in [-0.2, -0.15) is 0 Å². The summed E-state index contributed by atoms with van der Waals surface area (Å²) in [5.41, 5.74) is 0.762. The number of amides is 3. The lowest BCUT2D eigenvalue weighted by Crippen LogP contribution is -2.57. The molecule has 1 spiro atoms. The largest absolute Gasteiger partial charge is 0.354 e. The van der Waals surface area contributed by atoms with Crippen molar-refractivity contribution in [3.8, 4) is 0 Å². The summed E-state index contributed by atoms with van der Waals surface area (Å²) in [7, 11) is 0. The maximum Gasteiger partial charge on any atom is 0.253 e. The molecule has 4 rings (SSSR count). The Labute approximate surface area is 212 Å². The third-order valence-corrected chi connectivity index (χ3v) is 7.48. The lowest BCUT2D eigenvalue weighted by atomic mass is 9.85. The number of piperidine rings is 1. The van der Waals surface area contributed by atoms with Crippen LogP contribution in [0.3, 0.4) is 0 Å². The Hall–Kier alpha value is -3.06. The van der Waals surface area contributed by atoms with Gasteiger partial charge in [-0.25, -0.2) is 0 Å². The second kappa shape index (κ2) is 10.7. The molecule has 8 heteroatoms. The van der Waals surface area contributed by atoms with Gasteiger partial charge >= 0.3 is 0 Å². The van der Waals surface area contributed by atoms with Crippen LogP contribution >= 0.6 is 11.6 Å². The number of benzene rings is 2. The minimum absolute atomic E-state index is 0.0355.